The second-order valence-electron chi connectivity index (χ2n) is 5.82. The zero-order valence-electron chi connectivity index (χ0n) is 11.7. The molecule has 0 aliphatic heterocycles. The molecule has 0 aromatic carbocycles. The van der Waals surface area contributed by atoms with E-state index in [4.69, 9.17) is 4.42 Å². The molecule has 0 unspecified atom stereocenters. The Balaban J connectivity index is 2.70. The molecule has 0 radical (unpaired) electrons. The third-order valence-corrected chi connectivity index (χ3v) is 7.86. The number of carbonyl (C=O) groups excluding carboxylic acids is 1. The van der Waals surface area contributed by atoms with Gasteiger partial charge in [-0.25, -0.2) is 0 Å². The van der Waals surface area contributed by atoms with Gasteiger partial charge in [-0.1, -0.05) is 39.8 Å². The number of carbonyl (C=O) groups is 1. The highest BCUT2D eigenvalue weighted by Crippen LogP contribution is 2.34. The number of rotatable bonds is 2. The van der Waals surface area contributed by atoms with Crippen molar-refractivity contribution < 1.29 is 9.21 Å². The van der Waals surface area contributed by atoms with E-state index in [1.165, 1.54) is 12.3 Å². The number of allylic oxidation sites excluding steroid dienone is 2. The first-order valence-corrected chi connectivity index (χ1v) is 9.01. The Hall–Kier alpha value is -1.53. The second kappa shape index (κ2) is 5.41. The first kappa shape index (κ1) is 14.5. The van der Waals surface area contributed by atoms with Gasteiger partial charge in [0.2, 0.25) is 5.78 Å². The first-order chi connectivity index (χ1) is 8.24. The van der Waals surface area contributed by atoms with Crippen molar-refractivity contribution in [1.82, 2.24) is 0 Å². The Labute approximate surface area is 110 Å². The van der Waals surface area contributed by atoms with Crippen LogP contribution < -0.4 is 0 Å². The lowest BCUT2D eigenvalue weighted by Gasteiger charge is -2.31. The van der Waals surface area contributed by atoms with Gasteiger partial charge in [0.25, 0.3) is 0 Å². The van der Waals surface area contributed by atoms with E-state index >= 15 is 0 Å². The SMILES string of the molecule is CC(C)(C)[Si](C)(C)C#C/C=C/C(=O)c1ccco1. The molecule has 1 aromatic rings. The minimum atomic E-state index is -1.59. The summed E-state index contributed by atoms with van der Waals surface area (Å²) in [6, 6.07) is 3.34. The normalized spacial score (nSPS) is 12.3. The minimum Gasteiger partial charge on any atom is -0.461 e. The Kier molecular flexibility index (Phi) is 4.36. The highest BCUT2D eigenvalue weighted by atomic mass is 28.3. The van der Waals surface area contributed by atoms with Crippen LogP contribution in [0, 0.1) is 11.5 Å². The van der Waals surface area contributed by atoms with Crippen LogP contribution in [0.15, 0.2) is 35.0 Å². The van der Waals surface area contributed by atoms with Crippen LogP contribution in [0.1, 0.15) is 31.3 Å². The highest BCUT2D eigenvalue weighted by molar-refractivity contribution is 6.87. The van der Waals surface area contributed by atoms with Gasteiger partial charge < -0.3 is 4.42 Å². The Morgan fingerprint density at radius 2 is 2.06 bits per heavy atom. The molecule has 96 valence electrons. The zero-order valence-corrected chi connectivity index (χ0v) is 12.7. The van der Waals surface area contributed by atoms with Gasteiger partial charge in [0.1, 0.15) is 8.07 Å². The predicted molar refractivity (Wildman–Crippen MR) is 77.2 cm³/mol. The second-order valence-corrected chi connectivity index (χ2v) is 10.8. The van der Waals surface area contributed by atoms with Crippen LogP contribution in [0.3, 0.4) is 0 Å². The zero-order chi connectivity index (χ0) is 13.8. The van der Waals surface area contributed by atoms with Gasteiger partial charge in [-0.3, -0.25) is 4.79 Å². The van der Waals surface area contributed by atoms with Crippen molar-refractivity contribution in [3.8, 4) is 11.5 Å². The van der Waals surface area contributed by atoms with Crippen LogP contribution >= 0.6 is 0 Å². The van der Waals surface area contributed by atoms with Crippen molar-refractivity contribution >= 4 is 13.9 Å². The van der Waals surface area contributed by atoms with Crippen molar-refractivity contribution in [2.24, 2.45) is 0 Å². The summed E-state index contributed by atoms with van der Waals surface area (Å²) < 4.78 is 5.01. The molecule has 1 aromatic heterocycles. The summed E-state index contributed by atoms with van der Waals surface area (Å²) in [6.45, 7) is 11.1. The molecule has 0 amide bonds. The topological polar surface area (TPSA) is 30.2 Å². The molecule has 1 heterocycles. The lowest BCUT2D eigenvalue weighted by atomic mass is 10.2. The third kappa shape index (κ3) is 3.75. The third-order valence-electron chi connectivity index (χ3n) is 3.34. The molecule has 0 atom stereocenters. The maximum Gasteiger partial charge on any atom is 0.221 e. The number of ketones is 1. The average Bonchev–Trinajstić information content (AvgIpc) is 2.75. The number of hydrogen-bond acceptors (Lipinski definition) is 2. The summed E-state index contributed by atoms with van der Waals surface area (Å²) >= 11 is 0. The molecule has 1 rings (SSSR count). The standard InChI is InChI=1S/C15H20O2Si/c1-15(2,3)18(4,5)12-7-6-9-13(16)14-10-8-11-17-14/h6,8-11H,1-5H3/b9-6+. The molecule has 0 aliphatic rings. The largest absolute Gasteiger partial charge is 0.461 e. The van der Waals surface area contributed by atoms with Crippen molar-refractivity contribution in [3.63, 3.8) is 0 Å². The molecular formula is C15H20O2Si. The van der Waals surface area contributed by atoms with E-state index in [0.717, 1.165) is 0 Å². The summed E-state index contributed by atoms with van der Waals surface area (Å²) in [5.74, 6) is 3.19. The van der Waals surface area contributed by atoms with Crippen LogP contribution in [0.2, 0.25) is 18.1 Å². The number of hydrogen-bond donors (Lipinski definition) is 0. The van der Waals surface area contributed by atoms with Crippen LogP contribution in [-0.2, 0) is 0 Å². The first-order valence-electron chi connectivity index (χ1n) is 6.01. The molecule has 0 N–H and O–H groups in total. The Morgan fingerprint density at radius 3 is 2.56 bits per heavy atom. The molecule has 2 nitrogen and oxygen atoms in total. The molecular weight excluding hydrogens is 240 g/mol. The summed E-state index contributed by atoms with van der Waals surface area (Å²) in [6.07, 6.45) is 4.56. The van der Waals surface area contributed by atoms with Crippen LogP contribution in [-0.4, -0.2) is 13.9 Å². The molecule has 0 saturated carbocycles. The van der Waals surface area contributed by atoms with Crippen LogP contribution in [0.4, 0.5) is 0 Å². The number of furan rings is 1. The summed E-state index contributed by atoms with van der Waals surface area (Å²) in [5.41, 5.74) is 3.32. The van der Waals surface area contributed by atoms with E-state index in [1.807, 2.05) is 0 Å². The lowest BCUT2D eigenvalue weighted by molar-refractivity contribution is 0.102. The van der Waals surface area contributed by atoms with Gasteiger partial charge in [0.05, 0.1) is 6.26 Å². The molecule has 18 heavy (non-hydrogen) atoms. The molecule has 0 aliphatic carbocycles. The van der Waals surface area contributed by atoms with Gasteiger partial charge in [-0.15, -0.1) is 5.54 Å². The van der Waals surface area contributed by atoms with Gasteiger partial charge >= 0.3 is 0 Å². The highest BCUT2D eigenvalue weighted by Gasteiger charge is 2.33. The maximum atomic E-state index is 11.6. The molecule has 0 saturated heterocycles. The minimum absolute atomic E-state index is 0.149. The lowest BCUT2D eigenvalue weighted by Crippen LogP contribution is -2.35. The van der Waals surface area contributed by atoms with Gasteiger partial charge in [-0.2, -0.15) is 0 Å². The van der Waals surface area contributed by atoms with Crippen molar-refractivity contribution in [2.45, 2.75) is 38.9 Å². The van der Waals surface area contributed by atoms with E-state index in [0.29, 0.717) is 5.76 Å². The Morgan fingerprint density at radius 1 is 1.39 bits per heavy atom. The van der Waals surface area contributed by atoms with Gasteiger partial charge in [-0.05, 0) is 29.3 Å². The molecule has 0 bridgehead atoms. The average molecular weight is 260 g/mol. The van der Waals surface area contributed by atoms with E-state index in [1.54, 1.807) is 18.2 Å². The summed E-state index contributed by atoms with van der Waals surface area (Å²) in [5, 5.41) is 0.235. The monoisotopic (exact) mass is 260 g/mol. The molecule has 0 fully saturated rings. The fourth-order valence-corrected chi connectivity index (χ4v) is 1.85. The van der Waals surface area contributed by atoms with Crippen molar-refractivity contribution in [1.29, 1.82) is 0 Å². The Bertz CT molecular complexity index is 491. The van der Waals surface area contributed by atoms with E-state index in [9.17, 15) is 4.79 Å². The fraction of sp³-hybridized carbons (Fsp3) is 0.400. The van der Waals surface area contributed by atoms with E-state index in [2.05, 4.69) is 45.3 Å². The van der Waals surface area contributed by atoms with Gasteiger partial charge in [0.15, 0.2) is 5.76 Å². The van der Waals surface area contributed by atoms with Crippen molar-refractivity contribution in [2.75, 3.05) is 0 Å². The predicted octanol–water partition coefficient (Wildman–Crippen LogP) is 4.07. The van der Waals surface area contributed by atoms with Crippen molar-refractivity contribution in [3.05, 3.63) is 36.3 Å². The van der Waals surface area contributed by atoms with Gasteiger partial charge in [0, 0.05) is 0 Å². The smallest absolute Gasteiger partial charge is 0.221 e. The quantitative estimate of drug-likeness (QED) is 0.347. The fourth-order valence-electron chi connectivity index (χ4n) is 1.03. The summed E-state index contributed by atoms with van der Waals surface area (Å²) in [4.78, 5) is 11.6. The van der Waals surface area contributed by atoms with E-state index in [-0.39, 0.29) is 10.8 Å². The van der Waals surface area contributed by atoms with Crippen LogP contribution in [0.25, 0.3) is 0 Å². The molecule has 3 heteroatoms. The van der Waals surface area contributed by atoms with Crippen LogP contribution in [0.5, 0.6) is 0 Å². The summed E-state index contributed by atoms with van der Waals surface area (Å²) in [7, 11) is -1.59. The molecule has 0 spiro atoms. The maximum absolute atomic E-state index is 11.6. The van der Waals surface area contributed by atoms with E-state index < -0.39 is 8.07 Å².